The van der Waals surface area contributed by atoms with E-state index >= 15 is 0 Å². The molecule has 0 amide bonds. The molecule has 0 saturated carbocycles. The van der Waals surface area contributed by atoms with Crippen molar-refractivity contribution >= 4 is 7.14 Å². The Morgan fingerprint density at radius 3 is 2.20 bits per heavy atom. The minimum absolute atomic E-state index is 0.443. The zero-order valence-corrected chi connectivity index (χ0v) is 7.53. The van der Waals surface area contributed by atoms with Gasteiger partial charge in [-0.2, -0.15) is 5.26 Å². The highest BCUT2D eigenvalue weighted by molar-refractivity contribution is 7.63. The molecule has 0 bridgehead atoms. The summed E-state index contributed by atoms with van der Waals surface area (Å²) in [5, 5.41) is 8.25. The second-order valence-corrected chi connectivity index (χ2v) is 6.15. The van der Waals surface area contributed by atoms with Crippen molar-refractivity contribution in [3.05, 3.63) is 0 Å². The fourth-order valence-corrected chi connectivity index (χ4v) is 2.38. The lowest BCUT2D eigenvalue weighted by atomic mass is 10.6. The molecule has 0 N–H and O–H groups in total. The quantitative estimate of drug-likeness (QED) is 0.590. The Balaban J connectivity index is 3.85. The van der Waals surface area contributed by atoms with Crippen molar-refractivity contribution in [2.75, 3.05) is 18.5 Å². The van der Waals surface area contributed by atoms with Gasteiger partial charge in [-0.05, 0) is 12.3 Å². The normalized spacial score (nSPS) is 10.9. The lowest BCUT2D eigenvalue weighted by Crippen LogP contribution is -1.94. The summed E-state index contributed by atoms with van der Waals surface area (Å²) in [6.07, 6.45) is 2.53. The van der Waals surface area contributed by atoms with E-state index in [2.05, 4.69) is 0 Å². The van der Waals surface area contributed by atoms with Gasteiger partial charge in [0, 0.05) is 12.6 Å². The Labute approximate surface area is 62.6 Å². The van der Waals surface area contributed by atoms with Crippen molar-refractivity contribution in [2.24, 2.45) is 0 Å². The van der Waals surface area contributed by atoms with Crippen LogP contribution in [-0.4, -0.2) is 18.5 Å². The van der Waals surface area contributed by atoms with Gasteiger partial charge >= 0.3 is 0 Å². The Morgan fingerprint density at radius 2 is 1.90 bits per heavy atom. The Bertz CT molecular complexity index is 163. The highest BCUT2D eigenvalue weighted by Crippen LogP contribution is 2.44. The van der Waals surface area contributed by atoms with E-state index in [1.165, 1.54) is 0 Å². The highest BCUT2D eigenvalue weighted by atomic mass is 31.2. The SMILES string of the molecule is CCP(=O)(CC)CCC#N. The van der Waals surface area contributed by atoms with Gasteiger partial charge in [-0.1, -0.05) is 13.8 Å². The van der Waals surface area contributed by atoms with Crippen LogP contribution in [0.3, 0.4) is 0 Å². The molecule has 0 spiro atoms. The van der Waals surface area contributed by atoms with E-state index in [1.807, 2.05) is 19.9 Å². The molecule has 0 rings (SSSR count). The summed E-state index contributed by atoms with van der Waals surface area (Å²) in [5.41, 5.74) is 0. The third kappa shape index (κ3) is 3.03. The molecular formula is C7H14NOP. The molecule has 0 atom stereocenters. The van der Waals surface area contributed by atoms with Crippen LogP contribution in [-0.2, 0) is 4.57 Å². The number of rotatable bonds is 4. The fourth-order valence-electron chi connectivity index (χ4n) is 0.794. The first-order valence-electron chi connectivity index (χ1n) is 3.62. The predicted molar refractivity (Wildman–Crippen MR) is 43.8 cm³/mol. The summed E-state index contributed by atoms with van der Waals surface area (Å²) in [6, 6.07) is 2.02. The lowest BCUT2D eigenvalue weighted by molar-refractivity contribution is 0.576. The van der Waals surface area contributed by atoms with Crippen molar-refractivity contribution in [3.8, 4) is 6.07 Å². The number of hydrogen-bond donors (Lipinski definition) is 0. The van der Waals surface area contributed by atoms with Crippen LogP contribution in [0.4, 0.5) is 0 Å². The summed E-state index contributed by atoms with van der Waals surface area (Å²) in [6.45, 7) is 3.86. The van der Waals surface area contributed by atoms with Gasteiger partial charge in [0.25, 0.3) is 0 Å². The zero-order chi connectivity index (χ0) is 8.04. The predicted octanol–water partition coefficient (Wildman–Crippen LogP) is 2.30. The molecule has 2 nitrogen and oxygen atoms in total. The number of hydrogen-bond acceptors (Lipinski definition) is 2. The molecule has 10 heavy (non-hydrogen) atoms. The van der Waals surface area contributed by atoms with Gasteiger partial charge in [-0.25, -0.2) is 0 Å². The Hall–Kier alpha value is -0.280. The van der Waals surface area contributed by atoms with Gasteiger partial charge in [-0.3, -0.25) is 0 Å². The summed E-state index contributed by atoms with van der Waals surface area (Å²) in [5.74, 6) is 0. The van der Waals surface area contributed by atoms with Gasteiger partial charge in [0.15, 0.2) is 0 Å². The van der Waals surface area contributed by atoms with Crippen LogP contribution in [0.2, 0.25) is 0 Å². The molecule has 0 aromatic carbocycles. The summed E-state index contributed by atoms with van der Waals surface area (Å²) < 4.78 is 11.6. The van der Waals surface area contributed by atoms with Gasteiger partial charge < -0.3 is 4.57 Å². The average molecular weight is 159 g/mol. The fraction of sp³-hybridized carbons (Fsp3) is 0.857. The molecule has 58 valence electrons. The van der Waals surface area contributed by atoms with Crippen LogP contribution in [0.5, 0.6) is 0 Å². The molecular weight excluding hydrogens is 145 g/mol. The third-order valence-electron chi connectivity index (χ3n) is 1.78. The molecule has 0 aliphatic carbocycles. The first-order chi connectivity index (χ1) is 4.68. The van der Waals surface area contributed by atoms with Gasteiger partial charge in [-0.15, -0.1) is 0 Å². The summed E-state index contributed by atoms with van der Waals surface area (Å²) in [7, 11) is -1.92. The van der Waals surface area contributed by atoms with Crippen LogP contribution < -0.4 is 0 Å². The van der Waals surface area contributed by atoms with E-state index in [0.29, 0.717) is 12.6 Å². The van der Waals surface area contributed by atoms with Crippen molar-refractivity contribution < 1.29 is 4.57 Å². The van der Waals surface area contributed by atoms with Crippen LogP contribution in [0, 0.1) is 11.3 Å². The maximum atomic E-state index is 11.6. The average Bonchev–Trinajstić information content (AvgIpc) is 2.00. The molecule has 0 unspecified atom stereocenters. The van der Waals surface area contributed by atoms with Crippen LogP contribution in [0.15, 0.2) is 0 Å². The molecule has 0 heterocycles. The maximum Gasteiger partial charge on any atom is 0.0882 e. The molecule has 0 fully saturated rings. The van der Waals surface area contributed by atoms with E-state index in [9.17, 15) is 4.57 Å². The standard InChI is InChI=1S/C7H14NOP/c1-3-10(9,4-2)7-5-6-8/h3-5,7H2,1-2H3. The summed E-state index contributed by atoms with van der Waals surface area (Å²) in [4.78, 5) is 0. The van der Waals surface area contributed by atoms with Crippen LogP contribution in [0.1, 0.15) is 20.3 Å². The summed E-state index contributed by atoms with van der Waals surface area (Å²) >= 11 is 0. The van der Waals surface area contributed by atoms with Crippen LogP contribution >= 0.6 is 7.14 Å². The topological polar surface area (TPSA) is 40.9 Å². The molecule has 0 radical (unpaired) electrons. The van der Waals surface area contributed by atoms with Crippen LogP contribution in [0.25, 0.3) is 0 Å². The van der Waals surface area contributed by atoms with E-state index in [1.54, 1.807) is 0 Å². The lowest BCUT2D eigenvalue weighted by Gasteiger charge is -2.10. The smallest absolute Gasteiger partial charge is 0.0882 e. The minimum atomic E-state index is -1.92. The van der Waals surface area contributed by atoms with Gasteiger partial charge in [0.05, 0.1) is 13.2 Å². The number of nitriles is 1. The molecule has 0 aliphatic heterocycles. The highest BCUT2D eigenvalue weighted by Gasteiger charge is 2.15. The van der Waals surface area contributed by atoms with Crippen molar-refractivity contribution in [3.63, 3.8) is 0 Å². The minimum Gasteiger partial charge on any atom is -0.324 e. The van der Waals surface area contributed by atoms with Crippen molar-refractivity contribution in [2.45, 2.75) is 20.3 Å². The molecule has 0 aliphatic rings. The Kier molecular flexibility index (Phi) is 4.40. The molecule has 0 saturated heterocycles. The zero-order valence-electron chi connectivity index (χ0n) is 6.63. The van der Waals surface area contributed by atoms with Crippen molar-refractivity contribution in [1.82, 2.24) is 0 Å². The van der Waals surface area contributed by atoms with E-state index in [4.69, 9.17) is 5.26 Å². The van der Waals surface area contributed by atoms with Crippen molar-refractivity contribution in [1.29, 1.82) is 5.26 Å². The molecule has 0 aromatic rings. The van der Waals surface area contributed by atoms with E-state index < -0.39 is 7.14 Å². The Morgan fingerprint density at radius 1 is 1.40 bits per heavy atom. The van der Waals surface area contributed by atoms with Gasteiger partial charge in [0.1, 0.15) is 0 Å². The molecule has 0 aromatic heterocycles. The third-order valence-corrected chi connectivity index (χ3v) is 5.13. The monoisotopic (exact) mass is 159 g/mol. The number of nitrogens with zero attached hydrogens (tertiary/aromatic N) is 1. The van der Waals surface area contributed by atoms with E-state index in [-0.39, 0.29) is 0 Å². The maximum absolute atomic E-state index is 11.6. The largest absolute Gasteiger partial charge is 0.324 e. The second kappa shape index (κ2) is 4.52. The van der Waals surface area contributed by atoms with E-state index in [0.717, 1.165) is 12.3 Å². The first-order valence-corrected chi connectivity index (χ1v) is 5.89. The second-order valence-electron chi connectivity index (χ2n) is 2.32. The molecule has 3 heteroatoms. The van der Waals surface area contributed by atoms with Gasteiger partial charge in [0.2, 0.25) is 0 Å². The first kappa shape index (κ1) is 9.72.